The van der Waals surface area contributed by atoms with Crippen molar-refractivity contribution in [1.82, 2.24) is 4.98 Å². The summed E-state index contributed by atoms with van der Waals surface area (Å²) in [5.74, 6) is -0.233. The maximum atomic E-state index is 12.9. The first-order valence-corrected chi connectivity index (χ1v) is 8.47. The molecule has 0 bridgehead atoms. The van der Waals surface area contributed by atoms with Crippen molar-refractivity contribution in [2.75, 3.05) is 16.8 Å². The summed E-state index contributed by atoms with van der Waals surface area (Å²) < 4.78 is 12.9. The third-order valence-corrected chi connectivity index (χ3v) is 4.06. The number of hydrogen-bond donors (Lipinski definition) is 1. The van der Waals surface area contributed by atoms with Crippen molar-refractivity contribution < 1.29 is 9.18 Å². The van der Waals surface area contributed by atoms with E-state index in [0.29, 0.717) is 11.4 Å². The summed E-state index contributed by atoms with van der Waals surface area (Å²) in [6, 6.07) is 19.3. The van der Waals surface area contributed by atoms with Gasteiger partial charge >= 0.3 is 0 Å². The Hall–Kier alpha value is -3.21. The third-order valence-electron chi connectivity index (χ3n) is 4.06. The number of pyridine rings is 1. The van der Waals surface area contributed by atoms with E-state index in [2.05, 4.69) is 34.3 Å². The molecular formula is C21H20FN3O. The first kappa shape index (κ1) is 17.6. The van der Waals surface area contributed by atoms with Crippen LogP contribution >= 0.6 is 0 Å². The molecule has 0 saturated heterocycles. The number of benzene rings is 2. The van der Waals surface area contributed by atoms with Gasteiger partial charge in [-0.25, -0.2) is 9.37 Å². The molecule has 1 heterocycles. The van der Waals surface area contributed by atoms with Crippen molar-refractivity contribution in [2.24, 2.45) is 0 Å². The molecular weight excluding hydrogens is 329 g/mol. The zero-order valence-corrected chi connectivity index (χ0v) is 14.5. The molecule has 132 valence electrons. The summed E-state index contributed by atoms with van der Waals surface area (Å²) in [6.45, 7) is 3.73. The molecule has 3 rings (SSSR count). The Morgan fingerprint density at radius 3 is 2.38 bits per heavy atom. The normalized spacial score (nSPS) is 10.4. The van der Waals surface area contributed by atoms with Gasteiger partial charge < -0.3 is 10.2 Å². The minimum atomic E-state index is -0.373. The number of amides is 1. The van der Waals surface area contributed by atoms with Crippen molar-refractivity contribution in [3.8, 4) is 0 Å². The zero-order chi connectivity index (χ0) is 18.4. The van der Waals surface area contributed by atoms with Gasteiger partial charge in [-0.3, -0.25) is 4.79 Å². The number of hydrogen-bond acceptors (Lipinski definition) is 3. The fourth-order valence-corrected chi connectivity index (χ4v) is 2.63. The van der Waals surface area contributed by atoms with E-state index in [1.54, 1.807) is 12.3 Å². The average molecular weight is 349 g/mol. The highest BCUT2D eigenvalue weighted by atomic mass is 19.1. The SMILES string of the molecule is CCN(Cc1ccccc1)c1ccc(NC(=O)c2ccc(F)cc2)nc1. The van der Waals surface area contributed by atoms with E-state index in [1.807, 2.05) is 24.3 Å². The van der Waals surface area contributed by atoms with Gasteiger partial charge in [0.1, 0.15) is 11.6 Å². The van der Waals surface area contributed by atoms with E-state index < -0.39 is 0 Å². The van der Waals surface area contributed by atoms with Gasteiger partial charge in [0.05, 0.1) is 11.9 Å². The molecule has 0 spiro atoms. The molecule has 2 aromatic carbocycles. The fraction of sp³-hybridized carbons (Fsp3) is 0.143. The molecule has 3 aromatic rings. The number of halogens is 1. The lowest BCUT2D eigenvalue weighted by Gasteiger charge is -2.23. The Balaban J connectivity index is 1.67. The lowest BCUT2D eigenvalue weighted by Crippen LogP contribution is -2.22. The fourth-order valence-electron chi connectivity index (χ4n) is 2.63. The van der Waals surface area contributed by atoms with Gasteiger partial charge in [-0.2, -0.15) is 0 Å². The molecule has 0 saturated carbocycles. The van der Waals surface area contributed by atoms with E-state index in [0.717, 1.165) is 18.8 Å². The summed E-state index contributed by atoms with van der Waals surface area (Å²) in [6.07, 6.45) is 1.74. The third kappa shape index (κ3) is 4.45. The Morgan fingerprint density at radius 2 is 1.77 bits per heavy atom. The molecule has 1 N–H and O–H groups in total. The Kier molecular flexibility index (Phi) is 5.59. The van der Waals surface area contributed by atoms with Crippen LogP contribution in [0.25, 0.3) is 0 Å². The first-order valence-electron chi connectivity index (χ1n) is 8.47. The second kappa shape index (κ2) is 8.25. The quantitative estimate of drug-likeness (QED) is 0.713. The Morgan fingerprint density at radius 1 is 1.04 bits per heavy atom. The number of aromatic nitrogens is 1. The Bertz CT molecular complexity index is 849. The van der Waals surface area contributed by atoms with E-state index in [-0.39, 0.29) is 11.7 Å². The lowest BCUT2D eigenvalue weighted by molar-refractivity contribution is 0.102. The standard InChI is InChI=1S/C21H20FN3O/c1-2-25(15-16-6-4-3-5-7-16)19-12-13-20(23-14-19)24-21(26)17-8-10-18(22)11-9-17/h3-14H,2,15H2,1H3,(H,23,24,26). The summed E-state index contributed by atoms with van der Waals surface area (Å²) in [5.41, 5.74) is 2.59. The van der Waals surface area contributed by atoms with Crippen LogP contribution in [0, 0.1) is 5.82 Å². The number of nitrogens with zero attached hydrogens (tertiary/aromatic N) is 2. The van der Waals surface area contributed by atoms with E-state index in [4.69, 9.17) is 0 Å². The van der Waals surface area contributed by atoms with Crippen molar-refractivity contribution in [1.29, 1.82) is 0 Å². The van der Waals surface area contributed by atoms with Crippen LogP contribution in [0.1, 0.15) is 22.8 Å². The first-order chi connectivity index (χ1) is 12.7. The maximum absolute atomic E-state index is 12.9. The molecule has 0 aliphatic rings. The van der Waals surface area contributed by atoms with Crippen molar-refractivity contribution >= 4 is 17.4 Å². The smallest absolute Gasteiger partial charge is 0.256 e. The average Bonchev–Trinajstić information content (AvgIpc) is 2.68. The molecule has 4 nitrogen and oxygen atoms in total. The van der Waals surface area contributed by atoms with Crippen LogP contribution in [-0.2, 0) is 6.54 Å². The minimum absolute atomic E-state index is 0.318. The number of anilines is 2. The van der Waals surface area contributed by atoms with Crippen molar-refractivity contribution in [2.45, 2.75) is 13.5 Å². The summed E-state index contributed by atoms with van der Waals surface area (Å²) in [5, 5.41) is 2.72. The second-order valence-electron chi connectivity index (χ2n) is 5.86. The van der Waals surface area contributed by atoms with Crippen molar-refractivity contribution in [3.63, 3.8) is 0 Å². The molecule has 1 aromatic heterocycles. The van der Waals surface area contributed by atoms with Crippen LogP contribution in [0.3, 0.4) is 0 Å². The van der Waals surface area contributed by atoms with Gasteiger partial charge in [0.2, 0.25) is 0 Å². The van der Waals surface area contributed by atoms with E-state index in [1.165, 1.54) is 29.8 Å². The van der Waals surface area contributed by atoms with Crippen LogP contribution in [-0.4, -0.2) is 17.4 Å². The predicted molar refractivity (Wildman–Crippen MR) is 102 cm³/mol. The molecule has 0 aliphatic carbocycles. The van der Waals surface area contributed by atoms with E-state index >= 15 is 0 Å². The molecule has 0 atom stereocenters. The van der Waals surface area contributed by atoms with Crippen LogP contribution in [0.15, 0.2) is 72.9 Å². The van der Waals surface area contributed by atoms with Crippen LogP contribution < -0.4 is 10.2 Å². The summed E-state index contributed by atoms with van der Waals surface area (Å²) >= 11 is 0. The number of rotatable bonds is 6. The summed E-state index contributed by atoms with van der Waals surface area (Å²) in [4.78, 5) is 18.7. The number of carbonyl (C=O) groups is 1. The Labute approximate surface area is 152 Å². The molecule has 0 fully saturated rings. The van der Waals surface area contributed by atoms with Gasteiger partial charge in [0, 0.05) is 18.7 Å². The van der Waals surface area contributed by atoms with Gasteiger partial charge in [-0.1, -0.05) is 30.3 Å². The largest absolute Gasteiger partial charge is 0.366 e. The van der Waals surface area contributed by atoms with Crippen LogP contribution in [0.4, 0.5) is 15.9 Å². The molecule has 0 aliphatic heterocycles. The highest BCUT2D eigenvalue weighted by Crippen LogP contribution is 2.18. The zero-order valence-electron chi connectivity index (χ0n) is 14.5. The highest BCUT2D eigenvalue weighted by Gasteiger charge is 2.09. The van der Waals surface area contributed by atoms with Gasteiger partial charge in [0.15, 0.2) is 0 Å². The molecule has 26 heavy (non-hydrogen) atoms. The second-order valence-corrected chi connectivity index (χ2v) is 5.86. The minimum Gasteiger partial charge on any atom is -0.366 e. The van der Waals surface area contributed by atoms with Gasteiger partial charge in [-0.15, -0.1) is 0 Å². The number of carbonyl (C=O) groups excluding carboxylic acids is 1. The highest BCUT2D eigenvalue weighted by molar-refractivity contribution is 6.03. The number of nitrogens with one attached hydrogen (secondary N) is 1. The van der Waals surface area contributed by atoms with Crippen LogP contribution in [0.5, 0.6) is 0 Å². The topological polar surface area (TPSA) is 45.2 Å². The molecule has 1 amide bonds. The summed E-state index contributed by atoms with van der Waals surface area (Å²) in [7, 11) is 0. The van der Waals surface area contributed by atoms with Gasteiger partial charge in [0.25, 0.3) is 5.91 Å². The molecule has 0 radical (unpaired) electrons. The monoisotopic (exact) mass is 349 g/mol. The van der Waals surface area contributed by atoms with Crippen molar-refractivity contribution in [3.05, 3.63) is 89.9 Å². The predicted octanol–water partition coefficient (Wildman–Crippen LogP) is 4.50. The molecule has 0 unspecified atom stereocenters. The lowest BCUT2D eigenvalue weighted by atomic mass is 10.2. The van der Waals surface area contributed by atoms with Crippen LogP contribution in [0.2, 0.25) is 0 Å². The molecule has 5 heteroatoms. The van der Waals surface area contributed by atoms with Gasteiger partial charge in [-0.05, 0) is 48.9 Å². The maximum Gasteiger partial charge on any atom is 0.256 e. The van der Waals surface area contributed by atoms with E-state index in [9.17, 15) is 9.18 Å².